The second kappa shape index (κ2) is 5.33. The molecule has 0 atom stereocenters. The Hall–Kier alpha value is -1.36. The fourth-order valence-electron chi connectivity index (χ4n) is 1.93. The van der Waals surface area contributed by atoms with Gasteiger partial charge in [0.1, 0.15) is 0 Å². The molecule has 1 aromatic rings. The Bertz CT molecular complexity index is 491. The highest BCUT2D eigenvalue weighted by molar-refractivity contribution is 9.10. The molecule has 0 saturated carbocycles. The van der Waals surface area contributed by atoms with Gasteiger partial charge in [0.05, 0.1) is 4.32 Å². The lowest BCUT2D eigenvalue weighted by Crippen LogP contribution is -2.31. The standard InChI is InChI=1S/C14H17BrN2O2/c1-14(2,15)13(19)16-10-5-7-11(8-6-10)17-9-3-4-12(17)18/h5-8H,3-4,9H2,1-2H3,(H,16,19). The van der Waals surface area contributed by atoms with Crippen LogP contribution in [0, 0.1) is 0 Å². The molecule has 0 aliphatic carbocycles. The van der Waals surface area contributed by atoms with Crippen molar-refractivity contribution in [2.75, 3.05) is 16.8 Å². The number of alkyl halides is 1. The van der Waals surface area contributed by atoms with Crippen LogP contribution in [0.15, 0.2) is 24.3 Å². The molecule has 2 amide bonds. The first-order valence-corrected chi connectivity index (χ1v) is 7.08. The average Bonchev–Trinajstić information content (AvgIpc) is 2.75. The van der Waals surface area contributed by atoms with Crippen LogP contribution >= 0.6 is 15.9 Å². The molecular weight excluding hydrogens is 308 g/mol. The molecule has 1 aromatic carbocycles. The molecule has 0 spiro atoms. The first-order chi connectivity index (χ1) is 8.88. The van der Waals surface area contributed by atoms with Crippen LogP contribution in [-0.2, 0) is 9.59 Å². The van der Waals surface area contributed by atoms with Gasteiger partial charge in [-0.15, -0.1) is 0 Å². The Morgan fingerprint density at radius 1 is 1.32 bits per heavy atom. The van der Waals surface area contributed by atoms with Crippen molar-refractivity contribution in [1.82, 2.24) is 0 Å². The third-order valence-electron chi connectivity index (χ3n) is 3.05. The van der Waals surface area contributed by atoms with E-state index >= 15 is 0 Å². The fourth-order valence-corrected chi connectivity index (χ4v) is 2.02. The Kier molecular flexibility index (Phi) is 3.94. The Morgan fingerprint density at radius 2 is 1.95 bits per heavy atom. The quantitative estimate of drug-likeness (QED) is 0.869. The van der Waals surface area contributed by atoms with Crippen LogP contribution in [0.5, 0.6) is 0 Å². The number of hydrogen-bond donors (Lipinski definition) is 1. The van der Waals surface area contributed by atoms with Crippen molar-refractivity contribution in [3.05, 3.63) is 24.3 Å². The third kappa shape index (κ3) is 3.35. The van der Waals surface area contributed by atoms with Crippen LogP contribution in [0.2, 0.25) is 0 Å². The molecule has 2 rings (SSSR count). The van der Waals surface area contributed by atoms with E-state index in [1.165, 1.54) is 0 Å². The van der Waals surface area contributed by atoms with Gasteiger partial charge in [-0.3, -0.25) is 9.59 Å². The molecule has 5 heteroatoms. The molecular formula is C14H17BrN2O2. The highest BCUT2D eigenvalue weighted by Crippen LogP contribution is 2.24. The van der Waals surface area contributed by atoms with Gasteiger partial charge in [0, 0.05) is 24.3 Å². The van der Waals surface area contributed by atoms with Crippen molar-refractivity contribution < 1.29 is 9.59 Å². The topological polar surface area (TPSA) is 49.4 Å². The van der Waals surface area contributed by atoms with Crippen LogP contribution in [0.1, 0.15) is 26.7 Å². The molecule has 1 fully saturated rings. The van der Waals surface area contributed by atoms with Crippen LogP contribution < -0.4 is 10.2 Å². The summed E-state index contributed by atoms with van der Waals surface area (Å²) in [5.74, 6) is 0.0656. The van der Waals surface area contributed by atoms with E-state index in [-0.39, 0.29) is 11.8 Å². The zero-order valence-electron chi connectivity index (χ0n) is 11.1. The van der Waals surface area contributed by atoms with Gasteiger partial charge in [-0.2, -0.15) is 0 Å². The minimum absolute atomic E-state index is 0.0995. The predicted octanol–water partition coefficient (Wildman–Crippen LogP) is 2.93. The van der Waals surface area contributed by atoms with E-state index in [0.29, 0.717) is 6.42 Å². The van der Waals surface area contributed by atoms with Crippen molar-refractivity contribution in [1.29, 1.82) is 0 Å². The number of halogens is 1. The van der Waals surface area contributed by atoms with Crippen LogP contribution in [0.3, 0.4) is 0 Å². The lowest BCUT2D eigenvalue weighted by Gasteiger charge is -2.18. The minimum atomic E-state index is -0.601. The van der Waals surface area contributed by atoms with Gasteiger partial charge >= 0.3 is 0 Å². The molecule has 1 aliphatic rings. The number of nitrogens with zero attached hydrogens (tertiary/aromatic N) is 1. The summed E-state index contributed by atoms with van der Waals surface area (Å²) in [5.41, 5.74) is 1.62. The number of carbonyl (C=O) groups excluding carboxylic acids is 2. The van der Waals surface area contributed by atoms with Gasteiger partial charge in [-0.1, -0.05) is 15.9 Å². The largest absolute Gasteiger partial charge is 0.325 e. The fraction of sp³-hybridized carbons (Fsp3) is 0.429. The molecule has 1 heterocycles. The first-order valence-electron chi connectivity index (χ1n) is 6.29. The average molecular weight is 325 g/mol. The second-order valence-corrected chi connectivity index (χ2v) is 7.10. The maximum atomic E-state index is 11.8. The lowest BCUT2D eigenvalue weighted by atomic mass is 10.2. The van der Waals surface area contributed by atoms with E-state index in [4.69, 9.17) is 0 Å². The molecule has 1 saturated heterocycles. The lowest BCUT2D eigenvalue weighted by molar-refractivity contribution is -0.118. The van der Waals surface area contributed by atoms with E-state index in [1.54, 1.807) is 18.7 Å². The summed E-state index contributed by atoms with van der Waals surface area (Å²) in [6, 6.07) is 7.36. The van der Waals surface area contributed by atoms with E-state index in [0.717, 1.165) is 24.3 Å². The number of benzene rings is 1. The Labute approximate surface area is 121 Å². The molecule has 102 valence electrons. The molecule has 4 nitrogen and oxygen atoms in total. The second-order valence-electron chi connectivity index (χ2n) is 5.12. The van der Waals surface area contributed by atoms with Gasteiger partial charge in [-0.05, 0) is 44.5 Å². The smallest absolute Gasteiger partial charge is 0.240 e. The summed E-state index contributed by atoms with van der Waals surface area (Å²) < 4.78 is -0.601. The maximum absolute atomic E-state index is 11.8. The SMILES string of the molecule is CC(C)(Br)C(=O)Nc1ccc(N2CCCC2=O)cc1. The third-order valence-corrected chi connectivity index (χ3v) is 3.41. The van der Waals surface area contributed by atoms with Crippen molar-refractivity contribution in [3.63, 3.8) is 0 Å². The van der Waals surface area contributed by atoms with E-state index in [9.17, 15) is 9.59 Å². The molecule has 19 heavy (non-hydrogen) atoms. The zero-order chi connectivity index (χ0) is 14.0. The number of carbonyl (C=O) groups is 2. The summed E-state index contributed by atoms with van der Waals surface area (Å²) in [5, 5.41) is 2.82. The summed E-state index contributed by atoms with van der Waals surface area (Å²) in [6.45, 7) is 4.36. The molecule has 0 aromatic heterocycles. The van der Waals surface area contributed by atoms with Gasteiger partial charge < -0.3 is 10.2 Å². The van der Waals surface area contributed by atoms with Crippen LogP contribution in [0.25, 0.3) is 0 Å². The van der Waals surface area contributed by atoms with Crippen LogP contribution in [0.4, 0.5) is 11.4 Å². The summed E-state index contributed by atoms with van der Waals surface area (Å²) in [7, 11) is 0. The Balaban J connectivity index is 2.07. The van der Waals surface area contributed by atoms with Gasteiger partial charge in [-0.25, -0.2) is 0 Å². The number of amides is 2. The van der Waals surface area contributed by atoms with E-state index in [1.807, 2.05) is 24.3 Å². The van der Waals surface area contributed by atoms with Crippen LogP contribution in [-0.4, -0.2) is 22.7 Å². The van der Waals surface area contributed by atoms with E-state index < -0.39 is 4.32 Å². The van der Waals surface area contributed by atoms with Gasteiger partial charge in [0.25, 0.3) is 0 Å². The predicted molar refractivity (Wildman–Crippen MR) is 79.7 cm³/mol. The molecule has 0 unspecified atom stereocenters. The highest BCUT2D eigenvalue weighted by atomic mass is 79.9. The number of hydrogen-bond acceptors (Lipinski definition) is 2. The molecule has 1 aliphatic heterocycles. The summed E-state index contributed by atoms with van der Waals surface area (Å²) in [6.07, 6.45) is 1.53. The van der Waals surface area contributed by atoms with Crippen molar-refractivity contribution >= 4 is 39.1 Å². The number of nitrogens with one attached hydrogen (secondary N) is 1. The summed E-state index contributed by atoms with van der Waals surface area (Å²) in [4.78, 5) is 25.2. The highest BCUT2D eigenvalue weighted by Gasteiger charge is 2.24. The molecule has 1 N–H and O–H groups in total. The van der Waals surface area contributed by atoms with E-state index in [2.05, 4.69) is 21.2 Å². The minimum Gasteiger partial charge on any atom is -0.325 e. The number of rotatable bonds is 3. The zero-order valence-corrected chi connectivity index (χ0v) is 12.7. The van der Waals surface area contributed by atoms with Crippen molar-refractivity contribution in [2.24, 2.45) is 0 Å². The normalized spacial score (nSPS) is 15.7. The van der Waals surface area contributed by atoms with Gasteiger partial charge in [0.2, 0.25) is 11.8 Å². The first kappa shape index (κ1) is 14.1. The summed E-state index contributed by atoms with van der Waals surface area (Å²) >= 11 is 3.31. The van der Waals surface area contributed by atoms with Gasteiger partial charge in [0.15, 0.2) is 0 Å². The van der Waals surface area contributed by atoms with Crippen molar-refractivity contribution in [2.45, 2.75) is 31.0 Å². The number of anilines is 2. The monoisotopic (exact) mass is 324 g/mol. The maximum Gasteiger partial charge on any atom is 0.240 e. The Morgan fingerprint density at radius 3 is 2.42 bits per heavy atom. The molecule has 0 radical (unpaired) electrons. The molecule has 0 bridgehead atoms. The van der Waals surface area contributed by atoms with Crippen molar-refractivity contribution in [3.8, 4) is 0 Å².